The largest absolute Gasteiger partial charge is 0.483 e. The zero-order valence-corrected chi connectivity index (χ0v) is 16.8. The van der Waals surface area contributed by atoms with Crippen LogP contribution in [0, 0.1) is 0 Å². The lowest BCUT2D eigenvalue weighted by Crippen LogP contribution is -2.28. The van der Waals surface area contributed by atoms with Crippen molar-refractivity contribution in [2.75, 3.05) is 20.3 Å². The molecule has 0 aromatic carbocycles. The van der Waals surface area contributed by atoms with Crippen molar-refractivity contribution in [3.63, 3.8) is 0 Å². The molecule has 0 saturated carbocycles. The summed E-state index contributed by atoms with van der Waals surface area (Å²) in [5, 5.41) is 17.4. The van der Waals surface area contributed by atoms with E-state index in [1.165, 1.54) is 57.8 Å². The first kappa shape index (κ1) is 23.1. The number of carboxylic acid groups (broad SMARTS) is 1. The Morgan fingerprint density at radius 2 is 1.74 bits per heavy atom. The van der Waals surface area contributed by atoms with Crippen molar-refractivity contribution in [2.24, 2.45) is 0 Å². The predicted octanol–water partition coefficient (Wildman–Crippen LogP) is 4.59. The van der Waals surface area contributed by atoms with Gasteiger partial charge >= 0.3 is 0 Å². The van der Waals surface area contributed by atoms with Gasteiger partial charge in [-0.05, 0) is 18.6 Å². The lowest BCUT2D eigenvalue weighted by molar-refractivity contribution is -0.122. The fraction of sp³-hybridized carbons (Fsp3) is 0.667. The Hall–Kier alpha value is -1.95. The average molecular weight is 381 g/mol. The zero-order chi connectivity index (χ0) is 19.9. The van der Waals surface area contributed by atoms with Gasteiger partial charge in [-0.25, -0.2) is 0 Å². The van der Waals surface area contributed by atoms with E-state index in [2.05, 4.69) is 16.7 Å². The van der Waals surface area contributed by atoms with E-state index >= 15 is 0 Å². The topological polar surface area (TPSA) is 77.2 Å². The highest BCUT2D eigenvalue weighted by atomic mass is 16.4. The first-order chi connectivity index (χ1) is 13.1. The summed E-state index contributed by atoms with van der Waals surface area (Å²) in [4.78, 5) is 12.8. The fourth-order valence-electron chi connectivity index (χ4n) is 3.35. The molecule has 1 unspecified atom stereocenters. The van der Waals surface area contributed by atoms with E-state index < -0.39 is 6.10 Å². The van der Waals surface area contributed by atoms with Crippen LogP contribution in [0.4, 0.5) is 0 Å². The second kappa shape index (κ2) is 14.2. The highest BCUT2D eigenvalue weighted by Gasteiger charge is 2.26. The zero-order valence-electron chi connectivity index (χ0n) is 16.8. The third-order valence-electron chi connectivity index (χ3n) is 4.74. The van der Waals surface area contributed by atoms with Crippen LogP contribution >= 0.6 is 0 Å². The van der Waals surface area contributed by atoms with Crippen LogP contribution in [-0.2, 0) is 4.79 Å². The first-order valence-corrected chi connectivity index (χ1v) is 10.1. The molecule has 0 spiro atoms. The Morgan fingerprint density at radius 3 is 2.30 bits per heavy atom. The van der Waals surface area contributed by atoms with Crippen molar-refractivity contribution < 1.29 is 19.4 Å². The van der Waals surface area contributed by atoms with Gasteiger partial charge in [0, 0.05) is 19.8 Å². The number of aliphatic hydroxyl groups excluding tert-OH is 1. The van der Waals surface area contributed by atoms with Gasteiger partial charge in [0.2, 0.25) is 0 Å². The summed E-state index contributed by atoms with van der Waals surface area (Å²) in [7, 11) is 2.05. The maximum atomic E-state index is 10.5. The molecule has 0 amide bonds. The van der Waals surface area contributed by atoms with Gasteiger partial charge in [-0.1, -0.05) is 58.3 Å². The minimum absolute atomic E-state index is 0.250. The summed E-state index contributed by atoms with van der Waals surface area (Å²) >= 11 is 0. The monoisotopic (exact) mass is 380 g/mol. The molecular formula is C21H36N2O4. The number of rotatable bonds is 12. The van der Waals surface area contributed by atoms with Gasteiger partial charge in [-0.3, -0.25) is 4.79 Å². The van der Waals surface area contributed by atoms with Crippen molar-refractivity contribution in [3.05, 3.63) is 36.1 Å². The average Bonchev–Trinajstić information content (AvgIpc) is 3.30. The highest BCUT2D eigenvalue weighted by Crippen LogP contribution is 2.29. The molecule has 1 aromatic rings. The van der Waals surface area contributed by atoms with Crippen LogP contribution in [0.3, 0.4) is 0 Å². The number of nitrogens with zero attached hydrogens (tertiary/aromatic N) is 2. The third-order valence-corrected chi connectivity index (χ3v) is 4.74. The molecule has 2 rings (SSSR count). The van der Waals surface area contributed by atoms with E-state index in [0.717, 1.165) is 18.9 Å². The van der Waals surface area contributed by atoms with Crippen LogP contribution in [-0.4, -0.2) is 46.7 Å². The summed E-state index contributed by atoms with van der Waals surface area (Å²) in [5.74, 6) is 0.619. The van der Waals surface area contributed by atoms with Gasteiger partial charge in [-0.15, -0.1) is 0 Å². The molecule has 0 aliphatic carbocycles. The number of furan rings is 1. The molecule has 6 nitrogen and oxygen atoms in total. The van der Waals surface area contributed by atoms with Crippen molar-refractivity contribution in [1.82, 2.24) is 9.80 Å². The number of unbranched alkanes of at least 4 members (excludes halogenated alkanes) is 8. The molecule has 1 aliphatic rings. The van der Waals surface area contributed by atoms with Gasteiger partial charge in [0.25, 0.3) is 6.47 Å². The Labute approximate surface area is 163 Å². The molecular weight excluding hydrogens is 344 g/mol. The number of hydrogen-bond donors (Lipinski definition) is 2. The number of carbonyl (C=O) groups is 1. The van der Waals surface area contributed by atoms with E-state index in [9.17, 15) is 5.11 Å². The number of hydrogen-bond acceptors (Lipinski definition) is 5. The highest BCUT2D eigenvalue weighted by molar-refractivity contribution is 5.32. The Bertz CT molecular complexity index is 516. The molecule has 0 radical (unpaired) electrons. The lowest BCUT2D eigenvalue weighted by atomic mass is 10.1. The van der Waals surface area contributed by atoms with Crippen LogP contribution in [0.15, 0.2) is 34.7 Å². The quantitative estimate of drug-likeness (QED) is 0.408. The smallest absolute Gasteiger partial charge is 0.290 e. The van der Waals surface area contributed by atoms with Crippen molar-refractivity contribution in [3.8, 4) is 0 Å². The predicted molar refractivity (Wildman–Crippen MR) is 107 cm³/mol. The third kappa shape index (κ3) is 9.00. The van der Waals surface area contributed by atoms with Crippen LogP contribution < -0.4 is 0 Å². The second-order valence-electron chi connectivity index (χ2n) is 7.07. The normalized spacial score (nSPS) is 14.6. The molecule has 154 valence electrons. The van der Waals surface area contributed by atoms with Gasteiger partial charge in [-0.2, -0.15) is 0 Å². The van der Waals surface area contributed by atoms with Crippen molar-refractivity contribution in [2.45, 2.75) is 70.8 Å². The maximum Gasteiger partial charge on any atom is 0.290 e. The summed E-state index contributed by atoms with van der Waals surface area (Å²) < 4.78 is 5.35. The molecule has 1 aromatic heterocycles. The lowest BCUT2D eigenvalue weighted by Gasteiger charge is -2.24. The van der Waals surface area contributed by atoms with E-state index in [1.54, 1.807) is 6.26 Å². The molecule has 0 saturated heterocycles. The Balaban J connectivity index is 0.00000114. The molecule has 0 fully saturated rings. The van der Waals surface area contributed by atoms with Gasteiger partial charge in [0.15, 0.2) is 6.10 Å². The van der Waals surface area contributed by atoms with Crippen molar-refractivity contribution >= 4 is 6.47 Å². The molecule has 0 bridgehead atoms. The summed E-state index contributed by atoms with van der Waals surface area (Å²) in [6.45, 7) is 3.87. The maximum absolute atomic E-state index is 10.5. The van der Waals surface area contributed by atoms with Crippen molar-refractivity contribution in [1.29, 1.82) is 0 Å². The van der Waals surface area contributed by atoms with Crippen LogP contribution in [0.2, 0.25) is 0 Å². The van der Waals surface area contributed by atoms with E-state index in [1.807, 2.05) is 25.4 Å². The minimum Gasteiger partial charge on any atom is -0.483 e. The molecule has 1 aliphatic heterocycles. The van der Waals surface area contributed by atoms with Gasteiger partial charge in [0.05, 0.1) is 18.6 Å². The molecule has 27 heavy (non-hydrogen) atoms. The van der Waals surface area contributed by atoms with Gasteiger partial charge < -0.3 is 24.4 Å². The summed E-state index contributed by atoms with van der Waals surface area (Å²) in [5.41, 5.74) is 0.951. The Kier molecular flexibility index (Phi) is 12.1. The minimum atomic E-state index is -0.663. The van der Waals surface area contributed by atoms with Crippen LogP contribution in [0.25, 0.3) is 0 Å². The summed E-state index contributed by atoms with van der Waals surface area (Å²) in [6, 6.07) is 3.66. The molecule has 2 N–H and O–H groups in total. The Morgan fingerprint density at radius 1 is 1.15 bits per heavy atom. The van der Waals surface area contributed by atoms with E-state index in [-0.39, 0.29) is 6.47 Å². The number of aliphatic hydroxyl groups is 1. The van der Waals surface area contributed by atoms with E-state index in [4.69, 9.17) is 14.3 Å². The SMILES string of the molecule is CCCCCCCCCCCN1CN(C)C=C1C(O)c1ccco1.O=CO. The van der Waals surface area contributed by atoms with Crippen LogP contribution in [0.5, 0.6) is 0 Å². The van der Waals surface area contributed by atoms with Crippen LogP contribution in [0.1, 0.15) is 76.6 Å². The first-order valence-electron chi connectivity index (χ1n) is 10.1. The molecule has 1 atom stereocenters. The fourth-order valence-corrected chi connectivity index (χ4v) is 3.35. The standard InChI is InChI=1S/C20H34N2O2.CH2O2/c1-3-4-5-6-7-8-9-10-11-14-22-17-21(2)16-18(22)20(23)19-13-12-15-24-19;2-1-3/h12-13,15-16,20,23H,3-11,14,17H2,1-2H3;1H,(H,2,3). The molecule has 6 heteroatoms. The van der Waals surface area contributed by atoms with E-state index in [0.29, 0.717) is 5.76 Å². The summed E-state index contributed by atoms with van der Waals surface area (Å²) in [6.07, 6.45) is 15.0. The van der Waals surface area contributed by atoms with Gasteiger partial charge in [0.1, 0.15) is 5.76 Å². The molecule has 2 heterocycles. The second-order valence-corrected chi connectivity index (χ2v) is 7.07.